The summed E-state index contributed by atoms with van der Waals surface area (Å²) in [6, 6.07) is 22.5. The molecule has 0 amide bonds. The second-order valence-electron chi connectivity index (χ2n) is 12.5. The Balaban J connectivity index is 1.38. The highest BCUT2D eigenvalue weighted by Crippen LogP contribution is 2.38. The highest BCUT2D eigenvalue weighted by Gasteiger charge is 2.29. The summed E-state index contributed by atoms with van der Waals surface area (Å²) >= 11 is 13.0. The molecule has 1 aliphatic rings. The number of nitriles is 2. The van der Waals surface area contributed by atoms with Gasteiger partial charge in [-0.05, 0) is 81.6 Å². The van der Waals surface area contributed by atoms with Crippen LogP contribution in [-0.2, 0) is 0 Å². The van der Waals surface area contributed by atoms with Crippen LogP contribution in [-0.4, -0.2) is 43.5 Å². The fourth-order valence-corrected chi connectivity index (χ4v) is 6.29. The van der Waals surface area contributed by atoms with Gasteiger partial charge < -0.3 is 10.6 Å². The third-order valence-electron chi connectivity index (χ3n) is 8.43. The maximum Gasteiger partial charge on any atom is 0.109 e. The lowest BCUT2D eigenvalue weighted by Crippen LogP contribution is -2.46. The molecule has 6 rings (SSSR count). The van der Waals surface area contributed by atoms with Crippen LogP contribution in [0.3, 0.4) is 0 Å². The number of likely N-dealkylation sites (tertiary alicyclic amines) is 1. The predicted octanol–water partition coefficient (Wildman–Crippen LogP) is 8.26. The Morgan fingerprint density at radius 2 is 1.72 bits per heavy atom. The maximum atomic E-state index is 9.96. The molecule has 1 fully saturated rings. The summed E-state index contributed by atoms with van der Waals surface area (Å²) in [4.78, 5) is 7.20. The normalized spacial score (nSPS) is 14.8. The van der Waals surface area contributed by atoms with Gasteiger partial charge in [-0.25, -0.2) is 4.68 Å². The molecule has 0 aliphatic carbocycles. The molecule has 0 spiro atoms. The molecule has 3 aromatic carbocycles. The van der Waals surface area contributed by atoms with Crippen LogP contribution in [0.4, 0.5) is 17.1 Å². The molecule has 2 N–H and O–H groups in total. The molecule has 0 bridgehead atoms. The number of halogens is 2. The smallest absolute Gasteiger partial charge is 0.109 e. The molecule has 232 valence electrons. The highest BCUT2D eigenvalue weighted by molar-refractivity contribution is 6.32. The Hall–Kier alpha value is -4.67. The molecule has 5 aromatic rings. The number of anilines is 3. The molecular weight excluding hydrogens is 617 g/mol. The summed E-state index contributed by atoms with van der Waals surface area (Å²) in [5, 5.41) is 37.3. The van der Waals surface area contributed by atoms with Crippen LogP contribution in [0.25, 0.3) is 10.9 Å². The Labute approximate surface area is 278 Å². The SMILES string of the molecule is CC(C)(C)N1CCC(n2cc([C@@H](Nc3cc(Cl)cc4c(Nc5cccc(C#N)c5)c(C#N)cnc34)c3ccc(Cl)cc3)nn2)CC1. The third kappa shape index (κ3) is 6.63. The maximum absolute atomic E-state index is 9.96. The number of nitrogens with one attached hydrogen (secondary N) is 2. The van der Waals surface area contributed by atoms with E-state index >= 15 is 0 Å². The highest BCUT2D eigenvalue weighted by atomic mass is 35.5. The van der Waals surface area contributed by atoms with E-state index in [1.54, 1.807) is 24.3 Å². The molecule has 3 heterocycles. The third-order valence-corrected chi connectivity index (χ3v) is 8.90. The molecule has 0 radical (unpaired) electrons. The minimum atomic E-state index is -0.400. The Morgan fingerprint density at radius 3 is 2.41 bits per heavy atom. The van der Waals surface area contributed by atoms with Gasteiger partial charge in [0.15, 0.2) is 0 Å². The minimum Gasteiger partial charge on any atom is -0.371 e. The van der Waals surface area contributed by atoms with Gasteiger partial charge in [0.05, 0.1) is 52.4 Å². The van der Waals surface area contributed by atoms with Gasteiger partial charge in [-0.15, -0.1) is 5.10 Å². The number of benzene rings is 3. The first kappa shape index (κ1) is 31.3. The van der Waals surface area contributed by atoms with Crippen molar-refractivity contribution < 1.29 is 0 Å². The molecule has 0 unspecified atom stereocenters. The lowest BCUT2D eigenvalue weighted by atomic mass is 9.98. The van der Waals surface area contributed by atoms with Crippen molar-refractivity contribution in [1.82, 2.24) is 24.9 Å². The number of hydrogen-bond donors (Lipinski definition) is 2. The number of piperidine rings is 1. The number of pyridine rings is 1. The Kier molecular flexibility index (Phi) is 8.84. The quantitative estimate of drug-likeness (QED) is 0.181. The lowest BCUT2D eigenvalue weighted by Gasteiger charge is -2.40. The van der Waals surface area contributed by atoms with E-state index in [9.17, 15) is 10.5 Å². The lowest BCUT2D eigenvalue weighted by molar-refractivity contribution is 0.0866. The number of fused-ring (bicyclic) bond motifs is 1. The first-order valence-corrected chi connectivity index (χ1v) is 15.9. The van der Waals surface area contributed by atoms with Crippen molar-refractivity contribution in [3.05, 3.63) is 105 Å². The van der Waals surface area contributed by atoms with E-state index in [1.165, 1.54) is 6.20 Å². The zero-order valence-electron chi connectivity index (χ0n) is 25.8. The van der Waals surface area contributed by atoms with E-state index in [-0.39, 0.29) is 11.6 Å². The largest absolute Gasteiger partial charge is 0.371 e. The monoisotopic (exact) mass is 649 g/mol. The van der Waals surface area contributed by atoms with Gasteiger partial charge in [0.1, 0.15) is 11.8 Å². The van der Waals surface area contributed by atoms with Gasteiger partial charge in [-0.1, -0.05) is 46.6 Å². The van der Waals surface area contributed by atoms with Crippen molar-refractivity contribution in [2.75, 3.05) is 23.7 Å². The number of hydrogen-bond acceptors (Lipinski definition) is 8. The molecule has 11 heteroatoms. The summed E-state index contributed by atoms with van der Waals surface area (Å²) in [6.07, 6.45) is 5.55. The van der Waals surface area contributed by atoms with Crippen molar-refractivity contribution in [2.24, 2.45) is 0 Å². The predicted molar refractivity (Wildman–Crippen MR) is 182 cm³/mol. The van der Waals surface area contributed by atoms with E-state index in [0.29, 0.717) is 49.1 Å². The first-order chi connectivity index (χ1) is 22.1. The van der Waals surface area contributed by atoms with Crippen LogP contribution in [0, 0.1) is 22.7 Å². The van der Waals surface area contributed by atoms with E-state index in [2.05, 4.69) is 63.7 Å². The molecule has 1 saturated heterocycles. The molecule has 46 heavy (non-hydrogen) atoms. The average molecular weight is 651 g/mol. The van der Waals surface area contributed by atoms with E-state index < -0.39 is 6.04 Å². The summed E-state index contributed by atoms with van der Waals surface area (Å²) in [7, 11) is 0. The Bertz CT molecular complexity index is 1960. The number of aromatic nitrogens is 4. The zero-order valence-corrected chi connectivity index (χ0v) is 27.3. The van der Waals surface area contributed by atoms with Crippen molar-refractivity contribution in [3.8, 4) is 12.1 Å². The van der Waals surface area contributed by atoms with Gasteiger partial charge >= 0.3 is 0 Å². The molecule has 2 aromatic heterocycles. The van der Waals surface area contributed by atoms with Crippen LogP contribution in [0.2, 0.25) is 10.0 Å². The van der Waals surface area contributed by atoms with Gasteiger partial charge in [0.2, 0.25) is 0 Å². The molecule has 0 saturated carbocycles. The van der Waals surface area contributed by atoms with Crippen molar-refractivity contribution >= 4 is 51.2 Å². The van der Waals surface area contributed by atoms with Crippen LogP contribution < -0.4 is 10.6 Å². The molecular formula is C35H33Cl2N9. The number of rotatable bonds is 7. The van der Waals surface area contributed by atoms with Crippen molar-refractivity contribution in [1.29, 1.82) is 10.5 Å². The van der Waals surface area contributed by atoms with Gasteiger partial charge in [0.25, 0.3) is 0 Å². The first-order valence-electron chi connectivity index (χ1n) is 15.1. The van der Waals surface area contributed by atoms with E-state index in [0.717, 1.165) is 37.2 Å². The van der Waals surface area contributed by atoms with E-state index in [1.807, 2.05) is 47.3 Å². The summed E-state index contributed by atoms with van der Waals surface area (Å²) in [6.45, 7) is 8.77. The second kappa shape index (κ2) is 13.0. The Morgan fingerprint density at radius 1 is 0.957 bits per heavy atom. The van der Waals surface area contributed by atoms with Gasteiger partial charge in [-0.2, -0.15) is 10.5 Å². The standard InChI is InChI=1S/C35H33Cl2N9/c1-35(2,3)45-13-11-28(12-14-45)46-21-31(43-44-46)33(23-7-9-25(36)10-8-23)42-30-17-26(37)16-29-32(24(19-39)20-40-34(29)30)41-27-6-4-5-22(15-27)18-38/h4-10,15-17,20-21,28,33,42H,11-14H2,1-3H3,(H,40,41)/t33-/m0/s1. The number of nitrogens with zero attached hydrogens (tertiary/aromatic N) is 7. The molecule has 1 atom stereocenters. The topological polar surface area (TPSA) is 118 Å². The summed E-state index contributed by atoms with van der Waals surface area (Å²) in [5.74, 6) is 0. The fourth-order valence-electron chi connectivity index (χ4n) is 5.95. The van der Waals surface area contributed by atoms with Crippen LogP contribution >= 0.6 is 23.2 Å². The van der Waals surface area contributed by atoms with Gasteiger partial charge in [0, 0.05) is 45.9 Å². The molecule has 9 nitrogen and oxygen atoms in total. The van der Waals surface area contributed by atoms with Crippen molar-refractivity contribution in [3.63, 3.8) is 0 Å². The van der Waals surface area contributed by atoms with Crippen LogP contribution in [0.5, 0.6) is 0 Å². The minimum absolute atomic E-state index is 0.139. The second-order valence-corrected chi connectivity index (χ2v) is 13.3. The average Bonchev–Trinajstić information content (AvgIpc) is 3.54. The van der Waals surface area contributed by atoms with Crippen molar-refractivity contribution in [2.45, 2.75) is 51.2 Å². The summed E-state index contributed by atoms with van der Waals surface area (Å²) < 4.78 is 1.99. The van der Waals surface area contributed by atoms with E-state index in [4.69, 9.17) is 23.2 Å². The van der Waals surface area contributed by atoms with Gasteiger partial charge in [-0.3, -0.25) is 9.88 Å². The van der Waals surface area contributed by atoms with Crippen LogP contribution in [0.1, 0.15) is 68.1 Å². The fraction of sp³-hybridized carbons (Fsp3) is 0.286. The zero-order chi connectivity index (χ0) is 32.4. The molecule has 1 aliphatic heterocycles. The van der Waals surface area contributed by atoms with Crippen LogP contribution in [0.15, 0.2) is 73.1 Å². The summed E-state index contributed by atoms with van der Waals surface area (Å²) in [5.41, 5.74) is 5.15.